The number of primary amides is 1. The number of ketones is 2. The Morgan fingerprint density at radius 3 is 2.29 bits per heavy atom. The van der Waals surface area contributed by atoms with Gasteiger partial charge in [0.15, 0.2) is 24.6 Å². The second-order valence-electron chi connectivity index (χ2n) is 25.8. The minimum atomic E-state index is -2.34. The van der Waals surface area contributed by atoms with Crippen LogP contribution in [-0.2, 0) is 70.2 Å². The smallest absolute Gasteiger partial charge is 0.410 e. The number of carbonyl (C=O) groups is 10. The summed E-state index contributed by atoms with van der Waals surface area (Å²) in [7, 11) is 2.85. The van der Waals surface area contributed by atoms with Crippen LogP contribution in [0.25, 0.3) is 0 Å². The number of hydrogen-bond acceptors (Lipinski definition) is 22. The Morgan fingerprint density at radius 2 is 1.59 bits per heavy atom. The molecule has 97 heavy (non-hydrogen) atoms. The van der Waals surface area contributed by atoms with Gasteiger partial charge in [-0.25, -0.2) is 9.59 Å². The molecule has 1 unspecified atom stereocenters. The number of imide groups is 1. The van der Waals surface area contributed by atoms with Crippen LogP contribution in [0, 0.1) is 5.92 Å². The molecular formula is C67H87N9O20S. The number of nitrogens with one attached hydrogen (secondary N) is 4. The number of hydrogen-bond donors (Lipinski definition) is 8. The number of likely N-dealkylation sites (tertiary alicyclic amines) is 1. The van der Waals surface area contributed by atoms with Gasteiger partial charge in [-0.15, -0.1) is 11.8 Å². The lowest BCUT2D eigenvalue weighted by Gasteiger charge is -2.45. The number of piperazine rings is 1. The normalized spacial score (nSPS) is 25.1. The summed E-state index contributed by atoms with van der Waals surface area (Å²) >= 11 is 1.49. The molecule has 0 saturated carbocycles. The standard InChI is InChI=1S/C67H87N9O20S/c1-7-29-97-45-31-47(78)76(61(45)85)22-10-8-9-16-46(77)72-53(35(2)3)60(84)71-41(14-12-21-69-65(68)87)59(83)70-38-19-17-37(18-20-38)34-93-66(88)74-25-23-73(24-26-74)64(86)67(89)32-40-50(57(82)52-51(55(40)80)54(79)39-13-11-15-43(90-5)49(39)56(52)81)44(33-67)95-48-30-42-58(36(4)94-48)96-62-63(91-6)92-28-27-75(42)62/h11,13,15,17-20,35-36,41-42,44-45,48,53,58,62-63,80,82,89H,7-10,12,14,16,21-34H2,1-6H3,(H,70,83)(H,71,84)(H,72,77)(H3,68,69,87)/t36-,41-,42-,44-,45?,48-,53-,58+,62+,63-,67-/m0/s1. The van der Waals surface area contributed by atoms with Crippen molar-refractivity contribution in [2.24, 2.45) is 11.7 Å². The molecule has 0 aromatic heterocycles. The van der Waals surface area contributed by atoms with E-state index in [1.165, 1.54) is 58.9 Å². The molecule has 0 bridgehead atoms. The topological polar surface area (TPSA) is 383 Å². The summed E-state index contributed by atoms with van der Waals surface area (Å²) in [6.07, 6.45) is -3.14. The van der Waals surface area contributed by atoms with Crippen LogP contribution in [0.2, 0.25) is 0 Å². The molecule has 526 valence electrons. The number of amides is 9. The molecule has 10 rings (SSSR count). The first-order chi connectivity index (χ1) is 46.4. The van der Waals surface area contributed by atoms with Crippen molar-refractivity contribution in [2.75, 3.05) is 77.7 Å². The Bertz CT molecular complexity index is 3500. The fourth-order valence-corrected chi connectivity index (χ4v) is 14.9. The van der Waals surface area contributed by atoms with E-state index in [0.717, 1.165) is 12.2 Å². The lowest BCUT2D eigenvalue weighted by atomic mass is 9.72. The van der Waals surface area contributed by atoms with Gasteiger partial charge in [0.05, 0.1) is 47.9 Å². The first-order valence-corrected chi connectivity index (χ1v) is 34.2. The molecule has 5 saturated heterocycles. The van der Waals surface area contributed by atoms with Crippen molar-refractivity contribution in [1.82, 2.24) is 35.6 Å². The number of phenols is 2. The summed E-state index contributed by atoms with van der Waals surface area (Å²) < 4.78 is 42.0. The van der Waals surface area contributed by atoms with E-state index in [2.05, 4.69) is 26.2 Å². The zero-order chi connectivity index (χ0) is 69.6. The molecule has 7 aliphatic rings. The summed E-state index contributed by atoms with van der Waals surface area (Å²) in [4.78, 5) is 141. The van der Waals surface area contributed by atoms with Crippen molar-refractivity contribution < 1.29 is 96.4 Å². The van der Waals surface area contributed by atoms with Crippen LogP contribution in [-0.4, -0.2) is 226 Å². The second-order valence-corrected chi connectivity index (χ2v) is 27.1. The zero-order valence-corrected chi connectivity index (χ0v) is 56.1. The lowest BCUT2D eigenvalue weighted by molar-refractivity contribution is -0.256. The maximum Gasteiger partial charge on any atom is 0.410 e. The van der Waals surface area contributed by atoms with Gasteiger partial charge < -0.3 is 85.3 Å². The monoisotopic (exact) mass is 1370 g/mol. The number of methoxy groups -OCH3 is 2. The number of thioether (sulfide) groups is 1. The number of aliphatic hydroxyl groups is 1. The highest BCUT2D eigenvalue weighted by molar-refractivity contribution is 8.00. The van der Waals surface area contributed by atoms with Crippen molar-refractivity contribution >= 4 is 76.6 Å². The number of unbranched alkanes of at least 4 members (excludes halogenated alkanes) is 2. The number of anilines is 1. The van der Waals surface area contributed by atoms with Crippen molar-refractivity contribution in [3.8, 4) is 17.2 Å². The van der Waals surface area contributed by atoms with E-state index in [0.29, 0.717) is 43.7 Å². The van der Waals surface area contributed by atoms with Crippen LogP contribution in [0.5, 0.6) is 17.2 Å². The number of rotatable bonds is 26. The number of phenolic OH excluding ortho intramolecular Hbond substituents is 2. The molecule has 0 spiro atoms. The van der Waals surface area contributed by atoms with Gasteiger partial charge in [0.1, 0.15) is 47.6 Å². The van der Waals surface area contributed by atoms with E-state index in [9.17, 15) is 63.3 Å². The number of fused-ring (bicyclic) bond motifs is 6. The van der Waals surface area contributed by atoms with Gasteiger partial charge in [0.25, 0.3) is 5.91 Å². The fraction of sp³-hybridized carbons (Fsp3) is 0.582. The number of benzene rings is 3. The molecule has 11 atom stereocenters. The third-order valence-electron chi connectivity index (χ3n) is 18.9. The first-order valence-electron chi connectivity index (χ1n) is 33.1. The molecule has 3 aromatic rings. The Balaban J connectivity index is 0.743. The van der Waals surface area contributed by atoms with Gasteiger partial charge in [-0.1, -0.05) is 51.5 Å². The maximum atomic E-state index is 14.9. The molecule has 5 aliphatic heterocycles. The van der Waals surface area contributed by atoms with Crippen molar-refractivity contribution in [1.29, 1.82) is 0 Å². The molecule has 5 fully saturated rings. The number of carbonyl (C=O) groups excluding carboxylic acids is 10. The van der Waals surface area contributed by atoms with Crippen LogP contribution in [0.15, 0.2) is 42.5 Å². The number of nitrogens with two attached hydrogens (primary N) is 1. The summed E-state index contributed by atoms with van der Waals surface area (Å²) in [5, 5.41) is 47.7. The zero-order valence-electron chi connectivity index (χ0n) is 55.3. The lowest BCUT2D eigenvalue weighted by Crippen LogP contribution is -2.59. The van der Waals surface area contributed by atoms with Crippen molar-refractivity contribution in [3.05, 3.63) is 81.4 Å². The molecule has 9 N–H and O–H groups in total. The predicted molar refractivity (Wildman–Crippen MR) is 347 cm³/mol. The number of ether oxygens (including phenoxy) is 7. The van der Waals surface area contributed by atoms with E-state index < -0.39 is 132 Å². The van der Waals surface area contributed by atoms with Crippen molar-refractivity contribution in [2.45, 2.75) is 171 Å². The Morgan fingerprint density at radius 1 is 0.856 bits per heavy atom. The van der Waals surface area contributed by atoms with Crippen LogP contribution in [0.3, 0.4) is 0 Å². The van der Waals surface area contributed by atoms with Crippen LogP contribution in [0.4, 0.5) is 15.3 Å². The number of urea groups is 1. The molecule has 9 amide bonds. The number of nitrogens with zero attached hydrogens (tertiary/aromatic N) is 4. The molecule has 29 nitrogen and oxygen atoms in total. The maximum absolute atomic E-state index is 14.9. The van der Waals surface area contributed by atoms with Crippen LogP contribution >= 0.6 is 11.8 Å². The average molecular weight is 1370 g/mol. The van der Waals surface area contributed by atoms with Gasteiger partial charge >= 0.3 is 12.1 Å². The molecule has 30 heteroatoms. The van der Waals surface area contributed by atoms with E-state index in [-0.39, 0.29) is 141 Å². The Labute approximate surface area is 565 Å². The highest BCUT2D eigenvalue weighted by Crippen LogP contribution is 2.53. The highest BCUT2D eigenvalue weighted by atomic mass is 32.2. The summed E-state index contributed by atoms with van der Waals surface area (Å²) in [5.41, 5.74) is 2.32. The summed E-state index contributed by atoms with van der Waals surface area (Å²) in [6, 6.07) is 7.65. The molecule has 0 radical (unpaired) electrons. The average Bonchev–Trinajstić information content (AvgIpc) is 1.45. The van der Waals surface area contributed by atoms with E-state index in [1.807, 2.05) is 13.8 Å². The summed E-state index contributed by atoms with van der Waals surface area (Å²) in [5.74, 6) is -5.20. The van der Waals surface area contributed by atoms with E-state index in [1.54, 1.807) is 38.1 Å². The van der Waals surface area contributed by atoms with Gasteiger partial charge in [0.2, 0.25) is 35.3 Å². The molecular weight excluding hydrogens is 1280 g/mol. The fourth-order valence-electron chi connectivity index (χ4n) is 13.9. The van der Waals surface area contributed by atoms with Gasteiger partial charge in [-0.3, -0.25) is 48.2 Å². The van der Waals surface area contributed by atoms with Gasteiger partial charge in [0, 0.05) is 113 Å². The van der Waals surface area contributed by atoms with Crippen LogP contribution < -0.4 is 31.7 Å². The summed E-state index contributed by atoms with van der Waals surface area (Å²) in [6.45, 7) is 8.27. The SMILES string of the molecule is CCCSC1CC(=O)N(CCCCCC(=O)N[C@H](C(=O)N[C@@H](CCCNC(N)=O)C(=O)Nc2ccc(COC(=O)N3CCN(C(=O)[C@]4(O)Cc5c(O)c6c(c(O)c5[C@@H](O[C@H]5C[C@H]7[C@H](O[C@@H]8[C@@H](OC)OCCN87)[C@H](C)O5)C4)C(=O)c4c(OC)cccc4C6=O)CC3)cc2)C(C)C)C1=O. The third-order valence-corrected chi connectivity index (χ3v) is 20.3. The molecule has 3 aromatic carbocycles. The molecule has 5 heterocycles. The number of morpholine rings is 1. The van der Waals surface area contributed by atoms with Gasteiger partial charge in [-0.05, 0) is 74.5 Å². The predicted octanol–water partition coefficient (Wildman–Crippen LogP) is 3.47. The minimum absolute atomic E-state index is 0.0134. The third kappa shape index (κ3) is 15.7. The number of aromatic hydroxyl groups is 2. The second kappa shape index (κ2) is 31.3. The van der Waals surface area contributed by atoms with E-state index in [4.69, 9.17) is 38.9 Å². The van der Waals surface area contributed by atoms with E-state index >= 15 is 0 Å². The van der Waals surface area contributed by atoms with Crippen molar-refractivity contribution in [3.63, 3.8) is 0 Å². The minimum Gasteiger partial charge on any atom is -0.507 e. The van der Waals surface area contributed by atoms with Gasteiger partial charge in [-0.2, -0.15) is 0 Å². The molecule has 2 aliphatic carbocycles. The largest absolute Gasteiger partial charge is 0.507 e. The Kier molecular flexibility index (Phi) is 23.1. The highest BCUT2D eigenvalue weighted by Gasteiger charge is 2.56. The first kappa shape index (κ1) is 71.8. The Hall–Kier alpha value is -7.97. The quantitative estimate of drug-likeness (QED) is 0.0253. The van der Waals surface area contributed by atoms with Crippen LogP contribution in [0.1, 0.15) is 147 Å².